The molecule has 0 atom stereocenters. The Morgan fingerprint density at radius 2 is 2.15 bits per heavy atom. The van der Waals surface area contributed by atoms with Crippen LogP contribution in [0.5, 0.6) is 0 Å². The summed E-state index contributed by atoms with van der Waals surface area (Å²) in [5.74, 6) is 0.771. The summed E-state index contributed by atoms with van der Waals surface area (Å²) in [5.41, 5.74) is 4.51. The smallest absolute Gasteiger partial charge is 0.147 e. The molecule has 4 rings (SSSR count). The first kappa shape index (κ1) is 18.5. The number of hydrogen-bond acceptors (Lipinski definition) is 7. The van der Waals surface area contributed by atoms with Gasteiger partial charge in [0.05, 0.1) is 29.0 Å². The zero-order valence-electron chi connectivity index (χ0n) is 16.1. The van der Waals surface area contributed by atoms with Gasteiger partial charge in [-0.15, -0.1) is 11.3 Å². The highest BCUT2D eigenvalue weighted by molar-refractivity contribution is 7.26. The lowest BCUT2D eigenvalue weighted by atomic mass is 9.88. The van der Waals surface area contributed by atoms with Crippen molar-refractivity contribution in [3.05, 3.63) is 23.1 Å². The van der Waals surface area contributed by atoms with Crippen LogP contribution in [0.4, 0.5) is 5.82 Å². The van der Waals surface area contributed by atoms with Gasteiger partial charge in [-0.1, -0.05) is 13.3 Å². The van der Waals surface area contributed by atoms with Crippen LogP contribution in [0.2, 0.25) is 0 Å². The number of thiophene rings is 1. The van der Waals surface area contributed by atoms with Crippen LogP contribution in [0.15, 0.2) is 6.33 Å². The number of unbranched alkanes of at least 4 members (excludes halogenated alkanes) is 1. The van der Waals surface area contributed by atoms with E-state index in [-0.39, 0.29) is 12.2 Å². The summed E-state index contributed by atoms with van der Waals surface area (Å²) in [7, 11) is 0. The van der Waals surface area contributed by atoms with E-state index in [1.807, 2.05) is 0 Å². The Bertz CT molecular complexity index is 983. The van der Waals surface area contributed by atoms with Gasteiger partial charge in [-0.05, 0) is 32.3 Å². The van der Waals surface area contributed by atoms with Crippen molar-refractivity contribution in [2.24, 2.45) is 0 Å². The molecule has 144 valence electrons. The molecule has 0 saturated heterocycles. The van der Waals surface area contributed by atoms with Crippen LogP contribution in [0, 0.1) is 0 Å². The van der Waals surface area contributed by atoms with Crippen molar-refractivity contribution >= 4 is 37.6 Å². The summed E-state index contributed by atoms with van der Waals surface area (Å²) in [5, 5.41) is 13.5. The van der Waals surface area contributed by atoms with Crippen molar-refractivity contribution in [2.45, 2.75) is 58.7 Å². The number of hydrogen-bond donors (Lipinski definition) is 2. The molecule has 27 heavy (non-hydrogen) atoms. The standard InChI is InChI=1S/C20H26N4O2S/c1-4-5-6-14-13-10-26-20(2,3)9-12(13)15-16-17(27-19(15)24-14)18(21-7-8-25)23-11-22-16/h11,25H,4-10H2,1-3H3,(H,21,22,23). The van der Waals surface area contributed by atoms with E-state index >= 15 is 0 Å². The summed E-state index contributed by atoms with van der Waals surface area (Å²) >= 11 is 1.64. The fraction of sp³-hybridized carbons (Fsp3) is 0.550. The van der Waals surface area contributed by atoms with Crippen LogP contribution in [0.3, 0.4) is 0 Å². The van der Waals surface area contributed by atoms with Gasteiger partial charge in [0.15, 0.2) is 0 Å². The highest BCUT2D eigenvalue weighted by Gasteiger charge is 2.31. The quantitative estimate of drug-likeness (QED) is 0.670. The predicted octanol–water partition coefficient (Wildman–Crippen LogP) is 3.84. The molecule has 0 fully saturated rings. The maximum Gasteiger partial charge on any atom is 0.147 e. The highest BCUT2D eigenvalue weighted by atomic mass is 32.1. The van der Waals surface area contributed by atoms with Gasteiger partial charge in [0.25, 0.3) is 0 Å². The molecule has 1 aliphatic heterocycles. The molecule has 2 N–H and O–H groups in total. The Balaban J connectivity index is 1.96. The fourth-order valence-electron chi connectivity index (χ4n) is 3.72. The van der Waals surface area contributed by atoms with E-state index in [2.05, 4.69) is 36.1 Å². The molecule has 0 aromatic carbocycles. The number of fused-ring (bicyclic) bond motifs is 5. The minimum Gasteiger partial charge on any atom is -0.395 e. The minimum absolute atomic E-state index is 0.0662. The first-order chi connectivity index (χ1) is 13.0. The number of anilines is 1. The Labute approximate surface area is 163 Å². The molecule has 0 bridgehead atoms. The Morgan fingerprint density at radius 3 is 2.93 bits per heavy atom. The molecule has 0 radical (unpaired) electrons. The zero-order chi connectivity index (χ0) is 19.0. The first-order valence-corrected chi connectivity index (χ1v) is 10.4. The summed E-state index contributed by atoms with van der Waals surface area (Å²) in [6, 6.07) is 0. The highest BCUT2D eigenvalue weighted by Crippen LogP contribution is 2.42. The van der Waals surface area contributed by atoms with Gasteiger partial charge in [0, 0.05) is 29.6 Å². The Hall–Kier alpha value is -1.83. The van der Waals surface area contributed by atoms with Crippen LogP contribution < -0.4 is 5.32 Å². The lowest BCUT2D eigenvalue weighted by Crippen LogP contribution is -2.32. The molecule has 4 heterocycles. The van der Waals surface area contributed by atoms with Crippen molar-refractivity contribution in [3.8, 4) is 0 Å². The van der Waals surface area contributed by atoms with E-state index in [9.17, 15) is 0 Å². The number of nitrogens with one attached hydrogen (secondary N) is 1. The number of aryl methyl sites for hydroxylation is 1. The van der Waals surface area contributed by atoms with E-state index in [0.29, 0.717) is 13.2 Å². The van der Waals surface area contributed by atoms with Crippen LogP contribution in [-0.4, -0.2) is 38.8 Å². The van der Waals surface area contributed by atoms with Gasteiger partial charge >= 0.3 is 0 Å². The molecule has 0 aliphatic carbocycles. The topological polar surface area (TPSA) is 80.2 Å². The average molecular weight is 387 g/mol. The third-order valence-electron chi connectivity index (χ3n) is 5.09. The van der Waals surface area contributed by atoms with Gasteiger partial charge in [-0.2, -0.15) is 0 Å². The molecular formula is C20H26N4O2S. The fourth-order valence-corrected chi connectivity index (χ4v) is 4.87. The third-order valence-corrected chi connectivity index (χ3v) is 6.16. The van der Waals surface area contributed by atoms with Gasteiger partial charge in [-0.25, -0.2) is 15.0 Å². The predicted molar refractivity (Wildman–Crippen MR) is 109 cm³/mol. The number of rotatable bonds is 6. The summed E-state index contributed by atoms with van der Waals surface area (Å²) < 4.78 is 7.12. The van der Waals surface area contributed by atoms with Crippen molar-refractivity contribution in [1.82, 2.24) is 15.0 Å². The Kier molecular flexibility index (Phi) is 5.01. The maximum absolute atomic E-state index is 9.15. The van der Waals surface area contributed by atoms with E-state index in [4.69, 9.17) is 14.8 Å². The Morgan fingerprint density at radius 1 is 1.30 bits per heavy atom. The molecule has 0 unspecified atom stereocenters. The zero-order valence-corrected chi connectivity index (χ0v) is 16.9. The summed E-state index contributed by atoms with van der Waals surface area (Å²) in [6.07, 6.45) is 5.70. The number of aliphatic hydroxyl groups excluding tert-OH is 1. The first-order valence-electron chi connectivity index (χ1n) is 9.60. The average Bonchev–Trinajstić information content (AvgIpc) is 3.02. The monoisotopic (exact) mass is 386 g/mol. The van der Waals surface area contributed by atoms with E-state index in [0.717, 1.165) is 51.9 Å². The normalized spacial score (nSPS) is 16.0. The number of pyridine rings is 1. The second-order valence-electron chi connectivity index (χ2n) is 7.68. The lowest BCUT2D eigenvalue weighted by Gasteiger charge is -2.33. The van der Waals surface area contributed by atoms with Crippen LogP contribution in [0.1, 0.15) is 50.4 Å². The minimum atomic E-state index is -0.192. The lowest BCUT2D eigenvalue weighted by molar-refractivity contribution is -0.0401. The summed E-state index contributed by atoms with van der Waals surface area (Å²) in [4.78, 5) is 15.0. The number of aromatic nitrogens is 3. The second-order valence-corrected chi connectivity index (χ2v) is 8.68. The van der Waals surface area contributed by atoms with Crippen molar-refractivity contribution in [3.63, 3.8) is 0 Å². The molecule has 3 aromatic heterocycles. The SMILES string of the molecule is CCCCc1nc2sc3c(NCCO)ncnc3c2c2c1COC(C)(C)C2. The molecule has 3 aromatic rings. The van der Waals surface area contributed by atoms with Gasteiger partial charge < -0.3 is 15.2 Å². The van der Waals surface area contributed by atoms with E-state index in [1.165, 1.54) is 16.8 Å². The molecular weight excluding hydrogens is 360 g/mol. The van der Waals surface area contributed by atoms with Crippen molar-refractivity contribution in [2.75, 3.05) is 18.5 Å². The molecule has 0 saturated carbocycles. The molecule has 0 amide bonds. The number of aliphatic hydroxyl groups is 1. The maximum atomic E-state index is 9.15. The van der Waals surface area contributed by atoms with Crippen molar-refractivity contribution in [1.29, 1.82) is 0 Å². The van der Waals surface area contributed by atoms with Crippen LogP contribution in [0.25, 0.3) is 20.4 Å². The largest absolute Gasteiger partial charge is 0.395 e. The second kappa shape index (κ2) is 7.30. The number of ether oxygens (including phenoxy) is 1. The van der Waals surface area contributed by atoms with Crippen LogP contribution in [-0.2, 0) is 24.2 Å². The van der Waals surface area contributed by atoms with Gasteiger partial charge in [0.1, 0.15) is 17.0 Å². The third kappa shape index (κ3) is 3.39. The molecule has 7 heteroatoms. The van der Waals surface area contributed by atoms with E-state index in [1.54, 1.807) is 17.7 Å². The molecule has 6 nitrogen and oxygen atoms in total. The van der Waals surface area contributed by atoms with Crippen LogP contribution >= 0.6 is 11.3 Å². The van der Waals surface area contributed by atoms with E-state index < -0.39 is 0 Å². The molecule has 1 aliphatic rings. The van der Waals surface area contributed by atoms with Gasteiger partial charge in [-0.3, -0.25) is 0 Å². The summed E-state index contributed by atoms with van der Waals surface area (Å²) in [6.45, 7) is 7.64. The molecule has 0 spiro atoms. The van der Waals surface area contributed by atoms with Crippen molar-refractivity contribution < 1.29 is 9.84 Å². The van der Waals surface area contributed by atoms with Gasteiger partial charge in [0.2, 0.25) is 0 Å². The number of nitrogens with zero attached hydrogens (tertiary/aromatic N) is 3.